The van der Waals surface area contributed by atoms with Crippen molar-refractivity contribution in [2.45, 2.75) is 13.8 Å². The second-order valence-electron chi connectivity index (χ2n) is 6.36. The summed E-state index contributed by atoms with van der Waals surface area (Å²) in [7, 11) is 1.65. The highest BCUT2D eigenvalue weighted by Crippen LogP contribution is 2.29. The lowest BCUT2D eigenvalue weighted by Crippen LogP contribution is -2.18. The number of pyridine rings is 2. The summed E-state index contributed by atoms with van der Waals surface area (Å²) in [4.78, 5) is 28.0. The summed E-state index contributed by atoms with van der Waals surface area (Å²) in [6, 6.07) is 7.99. The molecule has 3 N–H and O–H groups in total. The summed E-state index contributed by atoms with van der Waals surface area (Å²) < 4.78 is 15.2. The molecule has 0 fully saturated rings. The van der Waals surface area contributed by atoms with Crippen LogP contribution in [0.15, 0.2) is 47.5 Å². The molecule has 3 aromatic rings. The van der Waals surface area contributed by atoms with Crippen LogP contribution in [0.5, 0.6) is 0 Å². The van der Waals surface area contributed by atoms with Gasteiger partial charge in [0.05, 0.1) is 5.69 Å². The van der Waals surface area contributed by atoms with Gasteiger partial charge in [0, 0.05) is 31.9 Å². The number of benzene rings is 1. The molecule has 0 aliphatic carbocycles. The maximum absolute atomic E-state index is 13.7. The third-order valence-corrected chi connectivity index (χ3v) is 4.21. The second kappa shape index (κ2) is 7.03. The molecule has 6 nitrogen and oxygen atoms in total. The van der Waals surface area contributed by atoms with Gasteiger partial charge >= 0.3 is 0 Å². The molecule has 0 aliphatic heterocycles. The monoisotopic (exact) mass is 366 g/mol. The fourth-order valence-corrected chi connectivity index (χ4v) is 2.91. The van der Waals surface area contributed by atoms with Gasteiger partial charge in [-0.3, -0.25) is 9.59 Å². The molecule has 27 heavy (non-hydrogen) atoms. The van der Waals surface area contributed by atoms with Crippen molar-refractivity contribution in [3.8, 4) is 22.3 Å². The molecule has 0 radical (unpaired) electrons. The number of nitrogens with one attached hydrogen (secondary N) is 1. The van der Waals surface area contributed by atoms with Gasteiger partial charge in [0.25, 0.3) is 5.56 Å². The molecule has 0 atom stereocenters. The predicted molar refractivity (Wildman–Crippen MR) is 104 cm³/mol. The zero-order valence-corrected chi connectivity index (χ0v) is 15.2. The summed E-state index contributed by atoms with van der Waals surface area (Å²) in [5, 5.41) is 2.60. The van der Waals surface area contributed by atoms with Crippen molar-refractivity contribution >= 4 is 17.4 Å². The van der Waals surface area contributed by atoms with Gasteiger partial charge in [-0.25, -0.2) is 9.37 Å². The Kier molecular flexibility index (Phi) is 4.77. The predicted octanol–water partition coefficient (Wildman–Crippen LogP) is 3.10. The number of halogens is 1. The summed E-state index contributed by atoms with van der Waals surface area (Å²) in [6.07, 6.45) is 3.20. The second-order valence-corrected chi connectivity index (χ2v) is 6.36. The Balaban J connectivity index is 2.18. The summed E-state index contributed by atoms with van der Waals surface area (Å²) in [6.45, 7) is 3.17. The Bertz CT molecular complexity index is 1110. The summed E-state index contributed by atoms with van der Waals surface area (Å²) in [5.41, 5.74) is 8.79. The average Bonchev–Trinajstić information content (AvgIpc) is 2.60. The van der Waals surface area contributed by atoms with E-state index >= 15 is 0 Å². The highest BCUT2D eigenvalue weighted by Gasteiger charge is 2.13. The highest BCUT2D eigenvalue weighted by molar-refractivity contribution is 5.88. The van der Waals surface area contributed by atoms with Crippen LogP contribution in [-0.4, -0.2) is 15.5 Å². The number of nitrogens with zero attached hydrogens (tertiary/aromatic N) is 2. The Morgan fingerprint density at radius 3 is 2.63 bits per heavy atom. The number of aromatic nitrogens is 2. The average molecular weight is 366 g/mol. The number of carbonyl (C=O) groups excluding carboxylic acids is 1. The van der Waals surface area contributed by atoms with Crippen LogP contribution in [0.2, 0.25) is 0 Å². The third kappa shape index (κ3) is 3.72. The van der Waals surface area contributed by atoms with E-state index in [0.717, 1.165) is 11.1 Å². The maximum atomic E-state index is 13.7. The lowest BCUT2D eigenvalue weighted by Gasteiger charge is -2.13. The highest BCUT2D eigenvalue weighted by atomic mass is 19.1. The normalized spacial score (nSPS) is 10.7. The van der Waals surface area contributed by atoms with Gasteiger partial charge in [-0.2, -0.15) is 0 Å². The van der Waals surface area contributed by atoms with Gasteiger partial charge in [-0.15, -0.1) is 0 Å². The number of amides is 1. The first-order valence-electron chi connectivity index (χ1n) is 8.27. The Morgan fingerprint density at radius 2 is 1.93 bits per heavy atom. The molecular weight excluding hydrogens is 347 g/mol. The van der Waals surface area contributed by atoms with Crippen molar-refractivity contribution in [1.29, 1.82) is 0 Å². The molecule has 0 aliphatic rings. The Labute approximate surface area is 155 Å². The van der Waals surface area contributed by atoms with E-state index in [1.54, 1.807) is 44.4 Å². The van der Waals surface area contributed by atoms with E-state index in [4.69, 9.17) is 5.73 Å². The summed E-state index contributed by atoms with van der Waals surface area (Å²) in [5.74, 6) is -0.372. The van der Waals surface area contributed by atoms with Gasteiger partial charge in [0.15, 0.2) is 0 Å². The number of nitrogens with two attached hydrogens (primary N) is 1. The van der Waals surface area contributed by atoms with E-state index in [2.05, 4.69) is 10.3 Å². The number of anilines is 2. The smallest absolute Gasteiger partial charge is 0.258 e. The van der Waals surface area contributed by atoms with Crippen molar-refractivity contribution < 1.29 is 9.18 Å². The molecule has 2 heterocycles. The van der Waals surface area contributed by atoms with Crippen LogP contribution >= 0.6 is 0 Å². The quantitative estimate of drug-likeness (QED) is 0.697. The minimum Gasteiger partial charge on any atom is -0.396 e. The van der Waals surface area contributed by atoms with Crippen molar-refractivity contribution in [2.75, 3.05) is 11.1 Å². The molecule has 7 heteroatoms. The van der Waals surface area contributed by atoms with Crippen LogP contribution in [0.3, 0.4) is 0 Å². The van der Waals surface area contributed by atoms with Crippen molar-refractivity contribution in [2.24, 2.45) is 7.05 Å². The number of hydrogen-bond acceptors (Lipinski definition) is 4. The number of hydrogen-bond donors (Lipinski definition) is 2. The molecule has 0 unspecified atom stereocenters. The van der Waals surface area contributed by atoms with Gasteiger partial charge in [0.2, 0.25) is 5.91 Å². The molecule has 0 spiro atoms. The van der Waals surface area contributed by atoms with E-state index in [1.807, 2.05) is 0 Å². The largest absolute Gasteiger partial charge is 0.396 e. The fraction of sp³-hybridized carbons (Fsp3) is 0.150. The van der Waals surface area contributed by atoms with E-state index < -0.39 is 5.82 Å². The van der Waals surface area contributed by atoms with Crippen molar-refractivity contribution in [3.05, 3.63) is 64.5 Å². The van der Waals surface area contributed by atoms with E-state index in [-0.39, 0.29) is 17.2 Å². The number of nitrogen functional groups attached to an aromatic ring is 1. The van der Waals surface area contributed by atoms with Crippen LogP contribution in [-0.2, 0) is 11.8 Å². The first-order valence-corrected chi connectivity index (χ1v) is 8.27. The maximum Gasteiger partial charge on any atom is 0.258 e. The van der Waals surface area contributed by atoms with Gasteiger partial charge in [0.1, 0.15) is 11.6 Å². The minimum absolute atomic E-state index is 0.0443. The van der Waals surface area contributed by atoms with Gasteiger partial charge < -0.3 is 15.6 Å². The molecule has 1 amide bonds. The first kappa shape index (κ1) is 18.3. The molecule has 0 saturated heterocycles. The molecule has 0 bridgehead atoms. The SMILES string of the molecule is CC(=O)Nc1cc(-c2cc(-c3cc(N)c(F)cc3C)cn(C)c2=O)ccn1. The lowest BCUT2D eigenvalue weighted by atomic mass is 9.98. The van der Waals surface area contributed by atoms with Gasteiger partial charge in [-0.1, -0.05) is 0 Å². The molecule has 138 valence electrons. The third-order valence-electron chi connectivity index (χ3n) is 4.21. The zero-order valence-electron chi connectivity index (χ0n) is 15.2. The fourth-order valence-electron chi connectivity index (χ4n) is 2.91. The number of carbonyl (C=O) groups is 1. The van der Waals surface area contributed by atoms with Crippen molar-refractivity contribution in [3.63, 3.8) is 0 Å². The summed E-state index contributed by atoms with van der Waals surface area (Å²) >= 11 is 0. The number of rotatable bonds is 3. The van der Waals surface area contributed by atoms with E-state index in [0.29, 0.717) is 22.5 Å². The first-order chi connectivity index (χ1) is 12.8. The minimum atomic E-state index is -0.477. The van der Waals surface area contributed by atoms with Crippen LogP contribution in [0, 0.1) is 12.7 Å². The van der Waals surface area contributed by atoms with Crippen LogP contribution in [0.1, 0.15) is 12.5 Å². The number of aryl methyl sites for hydroxylation is 2. The van der Waals surface area contributed by atoms with Crippen molar-refractivity contribution in [1.82, 2.24) is 9.55 Å². The Morgan fingerprint density at radius 1 is 1.19 bits per heavy atom. The van der Waals surface area contributed by atoms with E-state index in [1.165, 1.54) is 23.8 Å². The van der Waals surface area contributed by atoms with E-state index in [9.17, 15) is 14.0 Å². The molecular formula is C20H19FN4O2. The molecule has 0 saturated carbocycles. The van der Waals surface area contributed by atoms with Crippen LogP contribution < -0.4 is 16.6 Å². The zero-order chi connectivity index (χ0) is 19.7. The van der Waals surface area contributed by atoms with Crippen LogP contribution in [0.4, 0.5) is 15.9 Å². The van der Waals surface area contributed by atoms with Crippen LogP contribution in [0.25, 0.3) is 22.3 Å². The molecule has 1 aromatic carbocycles. The standard InChI is InChI=1S/C20H19FN4O2/c1-11-6-17(21)18(22)9-15(11)14-7-16(20(27)25(3)10-14)13-4-5-23-19(8-13)24-12(2)26/h4-10H,22H2,1-3H3,(H,23,24,26). The topological polar surface area (TPSA) is 90.0 Å². The molecule has 2 aromatic heterocycles. The lowest BCUT2D eigenvalue weighted by molar-refractivity contribution is -0.114. The van der Waals surface area contributed by atoms with Gasteiger partial charge in [-0.05, 0) is 59.5 Å². The Hall–Kier alpha value is -3.48. The molecule has 3 rings (SSSR count).